The van der Waals surface area contributed by atoms with Gasteiger partial charge in [-0.1, -0.05) is 206 Å². The first kappa shape index (κ1) is 35.9. The van der Waals surface area contributed by atoms with Gasteiger partial charge in [-0.2, -0.15) is 0 Å². The molecule has 0 heterocycles. The average Bonchev–Trinajstić information content (AvgIpc) is 3.68. The molecule has 0 N–H and O–H groups in total. The monoisotopic (exact) mass is 787 g/mol. The quantitative estimate of drug-likeness (QED) is 0.145. The fraction of sp³-hybridized carbons (Fsp3) is 0.0164. The van der Waals surface area contributed by atoms with E-state index in [9.17, 15) is 0 Å². The molecule has 1 aliphatic rings. The van der Waals surface area contributed by atoms with E-state index in [2.05, 4.69) is 248 Å². The molecule has 290 valence electrons. The number of anilines is 3. The lowest BCUT2D eigenvalue weighted by atomic mass is 9.85. The number of rotatable bonds is 7. The van der Waals surface area contributed by atoms with Crippen molar-refractivity contribution in [1.82, 2.24) is 0 Å². The van der Waals surface area contributed by atoms with E-state index in [4.69, 9.17) is 0 Å². The molecule has 62 heavy (non-hydrogen) atoms. The van der Waals surface area contributed by atoms with Crippen LogP contribution in [0.1, 0.15) is 22.6 Å². The molecule has 0 unspecified atom stereocenters. The van der Waals surface area contributed by atoms with Gasteiger partial charge in [-0.15, -0.1) is 0 Å². The van der Waals surface area contributed by atoms with Crippen LogP contribution in [0.4, 0.5) is 17.1 Å². The fourth-order valence-corrected chi connectivity index (χ4v) is 10.3. The standard InChI is InChI=1S/C61H41N/c1-4-18-42(19-5-1)59-54-28-14-15-29-55(54)60(43-20-6-2-7-21-43)57-40-44(36-39-56(57)59)41-34-37-46(38-35-41)62(45-22-8-3-9-23-45)58-33-17-30-49-50(58)31-16-32-53(49)61-51-26-12-10-24-47(51)48-25-11-13-27-52(48)61/h1-40,61H. The maximum Gasteiger partial charge on any atom is 0.0540 e. The number of benzene rings is 11. The topological polar surface area (TPSA) is 3.24 Å². The molecule has 1 nitrogen and oxygen atoms in total. The summed E-state index contributed by atoms with van der Waals surface area (Å²) >= 11 is 0. The molecule has 0 saturated heterocycles. The highest BCUT2D eigenvalue weighted by molar-refractivity contribution is 6.22. The van der Waals surface area contributed by atoms with E-state index in [1.807, 2.05) is 0 Å². The van der Waals surface area contributed by atoms with Crippen LogP contribution in [0.15, 0.2) is 243 Å². The van der Waals surface area contributed by atoms with E-state index >= 15 is 0 Å². The van der Waals surface area contributed by atoms with Gasteiger partial charge in [0.25, 0.3) is 0 Å². The molecule has 12 rings (SSSR count). The van der Waals surface area contributed by atoms with E-state index in [1.165, 1.54) is 93.5 Å². The van der Waals surface area contributed by atoms with Crippen LogP contribution in [-0.2, 0) is 0 Å². The summed E-state index contributed by atoms with van der Waals surface area (Å²) < 4.78 is 0. The molecular formula is C61H41N. The Kier molecular flexibility index (Phi) is 8.64. The Morgan fingerprint density at radius 2 is 0.710 bits per heavy atom. The smallest absolute Gasteiger partial charge is 0.0540 e. The third kappa shape index (κ3) is 5.85. The van der Waals surface area contributed by atoms with E-state index in [0.29, 0.717) is 0 Å². The summed E-state index contributed by atoms with van der Waals surface area (Å²) in [5.74, 6) is 0.164. The number of nitrogens with zero attached hydrogens (tertiary/aromatic N) is 1. The van der Waals surface area contributed by atoms with Crippen molar-refractivity contribution in [2.24, 2.45) is 0 Å². The van der Waals surface area contributed by atoms with Crippen LogP contribution in [0.25, 0.3) is 76.8 Å². The minimum Gasteiger partial charge on any atom is -0.310 e. The Morgan fingerprint density at radius 1 is 0.258 bits per heavy atom. The minimum absolute atomic E-state index is 0.164. The van der Waals surface area contributed by atoms with E-state index < -0.39 is 0 Å². The molecule has 0 saturated carbocycles. The second-order valence-corrected chi connectivity index (χ2v) is 16.3. The number of para-hydroxylation sites is 1. The highest BCUT2D eigenvalue weighted by Crippen LogP contribution is 2.51. The molecule has 0 amide bonds. The lowest BCUT2D eigenvalue weighted by Gasteiger charge is -2.28. The summed E-state index contributed by atoms with van der Waals surface area (Å²) in [5, 5.41) is 7.53. The number of hydrogen-bond acceptors (Lipinski definition) is 1. The predicted octanol–water partition coefficient (Wildman–Crippen LogP) is 16.8. The van der Waals surface area contributed by atoms with Gasteiger partial charge >= 0.3 is 0 Å². The summed E-state index contributed by atoms with van der Waals surface area (Å²) in [6.45, 7) is 0. The van der Waals surface area contributed by atoms with Crippen LogP contribution in [-0.4, -0.2) is 0 Å². The molecule has 11 aromatic rings. The van der Waals surface area contributed by atoms with Gasteiger partial charge < -0.3 is 4.90 Å². The van der Waals surface area contributed by atoms with Gasteiger partial charge in [0, 0.05) is 22.7 Å². The third-order valence-electron chi connectivity index (χ3n) is 12.9. The normalized spacial score (nSPS) is 12.1. The molecule has 0 aliphatic heterocycles. The molecule has 11 aromatic carbocycles. The van der Waals surface area contributed by atoms with Gasteiger partial charge in [-0.25, -0.2) is 0 Å². The van der Waals surface area contributed by atoms with Gasteiger partial charge in [0.15, 0.2) is 0 Å². The Morgan fingerprint density at radius 3 is 1.35 bits per heavy atom. The molecule has 0 bridgehead atoms. The van der Waals surface area contributed by atoms with Gasteiger partial charge in [-0.05, 0) is 125 Å². The van der Waals surface area contributed by atoms with Crippen molar-refractivity contribution in [3.8, 4) is 44.5 Å². The Bertz CT molecular complexity index is 3400. The highest BCUT2D eigenvalue weighted by Gasteiger charge is 2.31. The van der Waals surface area contributed by atoms with Crippen molar-refractivity contribution in [1.29, 1.82) is 0 Å². The molecule has 1 heteroatoms. The summed E-state index contributed by atoms with van der Waals surface area (Å²) in [6.07, 6.45) is 0. The van der Waals surface area contributed by atoms with Crippen LogP contribution in [0, 0.1) is 0 Å². The first-order valence-electron chi connectivity index (χ1n) is 21.5. The summed E-state index contributed by atoms with van der Waals surface area (Å²) in [7, 11) is 0. The molecule has 0 fully saturated rings. The SMILES string of the molecule is c1ccc(-c2c3ccccc3c(-c3ccccc3)c3cc(-c4ccc(N(c5ccccc5)c5cccc6c(C7c8ccccc8-c8ccccc87)cccc56)cc4)ccc23)cc1. The molecule has 0 radical (unpaired) electrons. The first-order valence-corrected chi connectivity index (χ1v) is 21.5. The Balaban J connectivity index is 1.00. The third-order valence-corrected chi connectivity index (χ3v) is 12.9. The summed E-state index contributed by atoms with van der Waals surface area (Å²) in [4.78, 5) is 2.42. The van der Waals surface area contributed by atoms with Crippen molar-refractivity contribution in [3.05, 3.63) is 259 Å². The highest BCUT2D eigenvalue weighted by atomic mass is 15.1. The lowest BCUT2D eigenvalue weighted by Crippen LogP contribution is -2.10. The minimum atomic E-state index is 0.164. The zero-order valence-electron chi connectivity index (χ0n) is 34.1. The fourth-order valence-electron chi connectivity index (χ4n) is 10.3. The van der Waals surface area contributed by atoms with Crippen molar-refractivity contribution >= 4 is 49.4 Å². The van der Waals surface area contributed by atoms with Crippen molar-refractivity contribution in [3.63, 3.8) is 0 Å². The second kappa shape index (κ2) is 14.9. The number of fused-ring (bicyclic) bond motifs is 6. The van der Waals surface area contributed by atoms with Gasteiger partial charge in [0.05, 0.1) is 5.69 Å². The maximum absolute atomic E-state index is 2.42. The second-order valence-electron chi connectivity index (χ2n) is 16.3. The zero-order valence-corrected chi connectivity index (χ0v) is 34.1. The van der Waals surface area contributed by atoms with E-state index in [-0.39, 0.29) is 5.92 Å². The molecular weight excluding hydrogens is 747 g/mol. The van der Waals surface area contributed by atoms with Gasteiger partial charge in [0.1, 0.15) is 0 Å². The summed E-state index contributed by atoms with van der Waals surface area (Å²) in [5.41, 5.74) is 17.5. The van der Waals surface area contributed by atoms with Crippen LogP contribution < -0.4 is 4.90 Å². The van der Waals surface area contributed by atoms with Crippen LogP contribution >= 0.6 is 0 Å². The zero-order chi connectivity index (χ0) is 41.0. The van der Waals surface area contributed by atoms with Crippen LogP contribution in [0.5, 0.6) is 0 Å². The van der Waals surface area contributed by atoms with Crippen molar-refractivity contribution in [2.75, 3.05) is 4.90 Å². The average molecular weight is 788 g/mol. The molecule has 1 aliphatic carbocycles. The Labute approximate surface area is 362 Å². The molecule has 0 spiro atoms. The molecule has 0 atom stereocenters. The van der Waals surface area contributed by atoms with Gasteiger partial charge in [-0.3, -0.25) is 0 Å². The van der Waals surface area contributed by atoms with Crippen molar-refractivity contribution < 1.29 is 0 Å². The number of hydrogen-bond donors (Lipinski definition) is 0. The Hall–Kier alpha value is -8.00. The first-order chi connectivity index (χ1) is 30.8. The predicted molar refractivity (Wildman–Crippen MR) is 263 cm³/mol. The van der Waals surface area contributed by atoms with E-state index in [1.54, 1.807) is 0 Å². The maximum atomic E-state index is 2.42. The lowest BCUT2D eigenvalue weighted by molar-refractivity contribution is 1.03. The van der Waals surface area contributed by atoms with Crippen molar-refractivity contribution in [2.45, 2.75) is 5.92 Å². The van der Waals surface area contributed by atoms with E-state index in [0.717, 1.165) is 17.1 Å². The van der Waals surface area contributed by atoms with Crippen LogP contribution in [0.2, 0.25) is 0 Å². The molecule has 0 aromatic heterocycles. The van der Waals surface area contributed by atoms with Crippen LogP contribution in [0.3, 0.4) is 0 Å². The van der Waals surface area contributed by atoms with Gasteiger partial charge in [0.2, 0.25) is 0 Å². The largest absolute Gasteiger partial charge is 0.310 e. The summed E-state index contributed by atoms with van der Waals surface area (Å²) in [6, 6.07) is 89.1.